The maximum absolute atomic E-state index is 13.2. The van der Waals surface area contributed by atoms with Gasteiger partial charge in [0.25, 0.3) is 0 Å². The van der Waals surface area contributed by atoms with E-state index in [-0.39, 0.29) is 22.9 Å². The van der Waals surface area contributed by atoms with Gasteiger partial charge in [-0.15, -0.1) is 0 Å². The number of halogens is 2. The van der Waals surface area contributed by atoms with Crippen LogP contribution in [0.25, 0.3) is 0 Å². The Bertz CT molecular complexity index is 319. The molecule has 1 aromatic carbocycles. The second-order valence-electron chi connectivity index (χ2n) is 2.59. The maximum atomic E-state index is 13.2. The van der Waals surface area contributed by atoms with Crippen molar-refractivity contribution in [1.82, 2.24) is 0 Å². The van der Waals surface area contributed by atoms with Gasteiger partial charge in [0.1, 0.15) is 16.6 Å². The number of phenols is 1. The second kappa shape index (κ2) is 3.91. The number of nitrogens with two attached hydrogens (primary N) is 1. The minimum absolute atomic E-state index is 0.0882. The molecule has 0 aromatic heterocycles. The van der Waals surface area contributed by atoms with Gasteiger partial charge in [-0.3, -0.25) is 0 Å². The van der Waals surface area contributed by atoms with E-state index in [0.717, 1.165) is 0 Å². The molecule has 0 spiro atoms. The van der Waals surface area contributed by atoms with Crippen molar-refractivity contribution in [2.24, 2.45) is 5.73 Å². The van der Waals surface area contributed by atoms with Crippen molar-refractivity contribution < 1.29 is 14.6 Å². The first-order valence-corrected chi connectivity index (χ1v) is 3.99. The molecule has 3 nitrogen and oxygen atoms in total. The third-order valence-electron chi connectivity index (χ3n) is 1.69. The highest BCUT2D eigenvalue weighted by Crippen LogP contribution is 2.30. The van der Waals surface area contributed by atoms with Crippen LogP contribution in [0.5, 0.6) is 5.75 Å². The molecule has 0 aliphatic carbocycles. The molecular weight excluding hydrogens is 197 g/mol. The summed E-state index contributed by atoms with van der Waals surface area (Å²) in [6.07, 6.45) is 0. The van der Waals surface area contributed by atoms with Crippen LogP contribution in [0, 0.1) is 5.82 Å². The van der Waals surface area contributed by atoms with Crippen molar-refractivity contribution in [2.45, 2.75) is 6.04 Å². The fourth-order valence-electron chi connectivity index (χ4n) is 0.939. The molecule has 1 rings (SSSR count). The highest BCUT2D eigenvalue weighted by molar-refractivity contribution is 6.32. The van der Waals surface area contributed by atoms with E-state index in [4.69, 9.17) is 27.5 Å². The van der Waals surface area contributed by atoms with Gasteiger partial charge in [0.15, 0.2) is 0 Å². The van der Waals surface area contributed by atoms with Gasteiger partial charge in [-0.1, -0.05) is 17.7 Å². The number of rotatable bonds is 2. The first-order valence-electron chi connectivity index (χ1n) is 3.61. The second-order valence-corrected chi connectivity index (χ2v) is 2.97. The number of hydrogen-bond acceptors (Lipinski definition) is 3. The van der Waals surface area contributed by atoms with E-state index < -0.39 is 11.9 Å². The van der Waals surface area contributed by atoms with E-state index in [1.807, 2.05) is 0 Å². The molecule has 0 amide bonds. The monoisotopic (exact) mass is 205 g/mol. The van der Waals surface area contributed by atoms with E-state index >= 15 is 0 Å². The molecule has 0 heterocycles. The minimum Gasteiger partial charge on any atom is -0.506 e. The van der Waals surface area contributed by atoms with Crippen LogP contribution in [0.15, 0.2) is 12.1 Å². The van der Waals surface area contributed by atoms with Gasteiger partial charge < -0.3 is 15.9 Å². The number of aliphatic hydroxyl groups excluding tert-OH is 1. The zero-order valence-electron chi connectivity index (χ0n) is 6.67. The molecule has 4 N–H and O–H groups in total. The van der Waals surface area contributed by atoms with Crippen LogP contribution in [-0.2, 0) is 0 Å². The summed E-state index contributed by atoms with van der Waals surface area (Å²) in [5.41, 5.74) is 5.47. The van der Waals surface area contributed by atoms with Crippen LogP contribution in [0.1, 0.15) is 11.6 Å². The summed E-state index contributed by atoms with van der Waals surface area (Å²) in [7, 11) is 0. The zero-order chi connectivity index (χ0) is 10.0. The van der Waals surface area contributed by atoms with Crippen molar-refractivity contribution in [2.75, 3.05) is 6.61 Å². The number of aromatic hydroxyl groups is 1. The molecular formula is C8H9ClFNO2. The average Bonchev–Trinajstić information content (AvgIpc) is 2.13. The van der Waals surface area contributed by atoms with Gasteiger partial charge >= 0.3 is 0 Å². The first-order chi connectivity index (χ1) is 6.07. The Hall–Kier alpha value is -0.840. The van der Waals surface area contributed by atoms with Gasteiger partial charge in [0.05, 0.1) is 12.6 Å². The van der Waals surface area contributed by atoms with E-state index in [2.05, 4.69) is 0 Å². The molecule has 1 unspecified atom stereocenters. The summed E-state index contributed by atoms with van der Waals surface area (Å²) in [4.78, 5) is 0. The smallest absolute Gasteiger partial charge is 0.150 e. The van der Waals surface area contributed by atoms with Gasteiger partial charge in [-0.05, 0) is 6.07 Å². The molecule has 72 valence electrons. The normalized spacial score (nSPS) is 12.9. The van der Waals surface area contributed by atoms with Crippen molar-refractivity contribution >= 4 is 11.6 Å². The lowest BCUT2D eigenvalue weighted by Gasteiger charge is -2.10. The molecule has 0 aliphatic heterocycles. The summed E-state index contributed by atoms with van der Waals surface area (Å²) in [5.74, 6) is -1.13. The van der Waals surface area contributed by atoms with Crippen molar-refractivity contribution in [3.63, 3.8) is 0 Å². The molecule has 1 atom stereocenters. The zero-order valence-corrected chi connectivity index (χ0v) is 7.42. The van der Waals surface area contributed by atoms with Crippen LogP contribution in [0.2, 0.25) is 5.02 Å². The predicted molar refractivity (Wildman–Crippen MR) is 47.1 cm³/mol. The van der Waals surface area contributed by atoms with Crippen LogP contribution >= 0.6 is 11.6 Å². The minimum atomic E-state index is -0.821. The molecule has 5 heteroatoms. The van der Waals surface area contributed by atoms with Crippen molar-refractivity contribution in [3.05, 3.63) is 28.5 Å². The predicted octanol–water partition coefficient (Wildman–Crippen LogP) is 1.18. The quantitative estimate of drug-likeness (QED) is 0.679. The molecule has 13 heavy (non-hydrogen) atoms. The summed E-state index contributed by atoms with van der Waals surface area (Å²) in [6, 6.07) is 1.70. The molecule has 1 aromatic rings. The summed E-state index contributed by atoms with van der Waals surface area (Å²) in [6.45, 7) is -0.377. The topological polar surface area (TPSA) is 66.5 Å². The Kier molecular flexibility index (Phi) is 3.08. The average molecular weight is 206 g/mol. The Morgan fingerprint density at radius 3 is 2.69 bits per heavy atom. The Labute approximate surface area is 79.6 Å². The third kappa shape index (κ3) is 1.91. The molecule has 0 aliphatic rings. The molecule has 0 saturated heterocycles. The SMILES string of the molecule is NC(CO)c1ccc(O)c(Cl)c1F. The third-order valence-corrected chi connectivity index (χ3v) is 2.05. The standard InChI is InChI=1S/C8H9ClFNO2/c9-7-6(13)2-1-4(8(7)10)5(11)3-12/h1-2,5,12-13H,3,11H2. The summed E-state index contributed by atoms with van der Waals surface area (Å²) >= 11 is 5.42. The van der Waals surface area contributed by atoms with Crippen LogP contribution in [0.4, 0.5) is 4.39 Å². The van der Waals surface area contributed by atoms with Crippen LogP contribution in [0.3, 0.4) is 0 Å². The summed E-state index contributed by atoms with van der Waals surface area (Å²) in [5, 5.41) is 17.3. The first kappa shape index (κ1) is 10.2. The molecule has 0 saturated carbocycles. The number of benzene rings is 1. The van der Waals surface area contributed by atoms with Gasteiger partial charge in [0, 0.05) is 5.56 Å². The Morgan fingerprint density at radius 1 is 1.54 bits per heavy atom. The van der Waals surface area contributed by atoms with Crippen molar-refractivity contribution in [3.8, 4) is 5.75 Å². The number of phenolic OH excluding ortho intramolecular Hbond substituents is 1. The maximum Gasteiger partial charge on any atom is 0.150 e. The van der Waals surface area contributed by atoms with Crippen molar-refractivity contribution in [1.29, 1.82) is 0 Å². The molecule has 0 bridgehead atoms. The van der Waals surface area contributed by atoms with Gasteiger partial charge in [-0.25, -0.2) is 4.39 Å². The number of hydrogen-bond donors (Lipinski definition) is 3. The Balaban J connectivity index is 3.18. The lowest BCUT2D eigenvalue weighted by Crippen LogP contribution is -2.16. The fraction of sp³-hybridized carbons (Fsp3) is 0.250. The summed E-state index contributed by atoms with van der Waals surface area (Å²) < 4.78 is 13.2. The van der Waals surface area contributed by atoms with E-state index in [1.54, 1.807) is 0 Å². The molecule has 0 fully saturated rings. The lowest BCUT2D eigenvalue weighted by molar-refractivity contribution is 0.265. The van der Waals surface area contributed by atoms with E-state index in [0.29, 0.717) is 0 Å². The Morgan fingerprint density at radius 2 is 2.15 bits per heavy atom. The largest absolute Gasteiger partial charge is 0.506 e. The van der Waals surface area contributed by atoms with Crippen LogP contribution < -0.4 is 5.73 Å². The van der Waals surface area contributed by atoms with E-state index in [1.165, 1.54) is 12.1 Å². The number of aliphatic hydroxyl groups is 1. The van der Waals surface area contributed by atoms with Gasteiger partial charge in [0.2, 0.25) is 0 Å². The van der Waals surface area contributed by atoms with E-state index in [9.17, 15) is 4.39 Å². The van der Waals surface area contributed by atoms with Crippen LogP contribution in [-0.4, -0.2) is 16.8 Å². The highest BCUT2D eigenvalue weighted by atomic mass is 35.5. The fourth-order valence-corrected chi connectivity index (χ4v) is 1.11. The highest BCUT2D eigenvalue weighted by Gasteiger charge is 2.15. The lowest BCUT2D eigenvalue weighted by atomic mass is 10.1. The van der Waals surface area contributed by atoms with Gasteiger partial charge in [-0.2, -0.15) is 0 Å². The molecule has 0 radical (unpaired) electrons.